The first-order chi connectivity index (χ1) is 20.4. The average molecular weight is 601 g/mol. The van der Waals surface area contributed by atoms with Crippen LogP contribution >= 0.6 is 11.6 Å². The molecule has 0 spiro atoms. The Hall–Kier alpha value is -4.25. The highest BCUT2D eigenvalue weighted by molar-refractivity contribution is 7.92. The van der Waals surface area contributed by atoms with Gasteiger partial charge in [0.25, 0.3) is 10.0 Å². The van der Waals surface area contributed by atoms with Gasteiger partial charge in [0.1, 0.15) is 10.6 Å². The minimum Gasteiger partial charge on any atom is -0.437 e. The number of aromatic nitrogens is 3. The van der Waals surface area contributed by atoms with Gasteiger partial charge in [-0.3, -0.25) is 4.72 Å². The number of nitrogens with one attached hydrogen (secondary N) is 3. The summed E-state index contributed by atoms with van der Waals surface area (Å²) in [5.74, 6) is 1.49. The van der Waals surface area contributed by atoms with Crippen LogP contribution in [0.4, 0.5) is 11.6 Å². The van der Waals surface area contributed by atoms with E-state index in [0.29, 0.717) is 39.9 Å². The summed E-state index contributed by atoms with van der Waals surface area (Å²) in [7, 11) is -3.93. The second kappa shape index (κ2) is 11.9. The van der Waals surface area contributed by atoms with E-state index < -0.39 is 10.0 Å². The van der Waals surface area contributed by atoms with Crippen LogP contribution in [0.1, 0.15) is 18.4 Å². The molecule has 1 saturated heterocycles. The van der Waals surface area contributed by atoms with Crippen molar-refractivity contribution in [3.63, 3.8) is 0 Å². The van der Waals surface area contributed by atoms with Gasteiger partial charge in [-0.05, 0) is 68.3 Å². The molecule has 3 N–H and O–H groups in total. The Balaban J connectivity index is 1.34. The minimum absolute atomic E-state index is 0.00356. The summed E-state index contributed by atoms with van der Waals surface area (Å²) in [6, 6.07) is 21.3. The normalized spacial score (nSPS) is 15.3. The van der Waals surface area contributed by atoms with Gasteiger partial charge in [-0.2, -0.15) is 0 Å². The average Bonchev–Trinajstić information content (AvgIpc) is 2.99. The van der Waals surface area contributed by atoms with Crippen LogP contribution in [-0.2, 0) is 10.0 Å². The van der Waals surface area contributed by atoms with E-state index in [1.54, 1.807) is 42.7 Å². The summed E-state index contributed by atoms with van der Waals surface area (Å²) in [6.45, 7) is 3.83. The molecular weight excluding hydrogens is 572 g/mol. The monoisotopic (exact) mass is 600 g/mol. The fraction of sp³-hybridized carbons (Fsp3) is 0.194. The molecule has 42 heavy (non-hydrogen) atoms. The van der Waals surface area contributed by atoms with Gasteiger partial charge in [-0.25, -0.2) is 23.4 Å². The predicted octanol–water partition coefficient (Wildman–Crippen LogP) is 6.41. The number of halogens is 1. The minimum atomic E-state index is -3.93. The van der Waals surface area contributed by atoms with Crippen LogP contribution in [0.5, 0.6) is 11.6 Å². The molecule has 1 unspecified atom stereocenters. The van der Waals surface area contributed by atoms with Crippen molar-refractivity contribution in [2.45, 2.75) is 30.7 Å². The Morgan fingerprint density at radius 3 is 2.67 bits per heavy atom. The van der Waals surface area contributed by atoms with Gasteiger partial charge in [-0.15, -0.1) is 0 Å². The number of ether oxygens (including phenoxy) is 1. The predicted molar refractivity (Wildman–Crippen MR) is 166 cm³/mol. The van der Waals surface area contributed by atoms with Crippen molar-refractivity contribution in [3.8, 4) is 22.9 Å². The quantitative estimate of drug-likeness (QED) is 0.187. The molecule has 2 aromatic heterocycles. The van der Waals surface area contributed by atoms with E-state index >= 15 is 0 Å². The van der Waals surface area contributed by atoms with Crippen molar-refractivity contribution < 1.29 is 13.2 Å². The molecule has 0 bridgehead atoms. The van der Waals surface area contributed by atoms with Gasteiger partial charge in [0, 0.05) is 35.8 Å². The van der Waals surface area contributed by atoms with Crippen LogP contribution in [0.2, 0.25) is 5.02 Å². The zero-order chi connectivity index (χ0) is 29.1. The van der Waals surface area contributed by atoms with E-state index in [1.807, 2.05) is 43.3 Å². The molecule has 1 fully saturated rings. The highest BCUT2D eigenvalue weighted by Crippen LogP contribution is 2.39. The molecule has 6 rings (SSSR count). The number of benzene rings is 3. The Morgan fingerprint density at radius 1 is 0.952 bits per heavy atom. The van der Waals surface area contributed by atoms with Gasteiger partial charge in [0.15, 0.2) is 0 Å². The van der Waals surface area contributed by atoms with Crippen LogP contribution in [0.15, 0.2) is 90.1 Å². The molecule has 5 aromatic rings. The summed E-state index contributed by atoms with van der Waals surface area (Å²) < 4.78 is 35.6. The maximum atomic E-state index is 13.2. The maximum absolute atomic E-state index is 13.2. The molecule has 1 atom stereocenters. The molecular formula is C31H29ClN6O3S. The lowest BCUT2D eigenvalue weighted by Crippen LogP contribution is -2.38. The molecule has 0 radical (unpaired) electrons. The molecule has 0 amide bonds. The summed E-state index contributed by atoms with van der Waals surface area (Å²) in [6.07, 6.45) is 5.54. The van der Waals surface area contributed by atoms with Crippen molar-refractivity contribution in [3.05, 3.63) is 95.8 Å². The molecule has 11 heteroatoms. The standard InChI is InChI=1S/C31H29ClN6O3S/c1-20-13-14-22-23(8-4-11-27(22)38-42(39,40)28-12-3-2-10-25(28)32)29(20)41-30-24(9-6-17-34-30)26-15-18-35-31(37-26)36-21-7-5-16-33-19-21/h2-4,6,8-15,17-18,21,33,38H,5,7,16,19H2,1H3,(H,35,36,37). The van der Waals surface area contributed by atoms with E-state index in [4.69, 9.17) is 21.3 Å². The maximum Gasteiger partial charge on any atom is 0.263 e. The number of sulfonamides is 1. The Bertz CT molecular complexity index is 1860. The van der Waals surface area contributed by atoms with Gasteiger partial charge in [0.05, 0.1) is 22.0 Å². The Kier molecular flexibility index (Phi) is 7.92. The number of anilines is 2. The van der Waals surface area contributed by atoms with Crippen LogP contribution < -0.4 is 20.1 Å². The second-order valence-electron chi connectivity index (χ2n) is 10.1. The summed E-state index contributed by atoms with van der Waals surface area (Å²) in [5.41, 5.74) is 2.64. The first-order valence-electron chi connectivity index (χ1n) is 13.6. The molecule has 0 saturated carbocycles. The van der Waals surface area contributed by atoms with Crippen molar-refractivity contribution in [2.75, 3.05) is 23.1 Å². The van der Waals surface area contributed by atoms with E-state index in [-0.39, 0.29) is 16.0 Å². The third kappa shape index (κ3) is 5.87. The first kappa shape index (κ1) is 27.9. The number of nitrogens with zero attached hydrogens (tertiary/aromatic N) is 3. The Labute approximate surface area is 249 Å². The highest BCUT2D eigenvalue weighted by atomic mass is 35.5. The van der Waals surface area contributed by atoms with E-state index in [9.17, 15) is 8.42 Å². The Morgan fingerprint density at radius 2 is 1.83 bits per heavy atom. The number of hydrogen-bond acceptors (Lipinski definition) is 8. The number of aryl methyl sites for hydroxylation is 1. The summed E-state index contributed by atoms with van der Waals surface area (Å²) >= 11 is 6.19. The van der Waals surface area contributed by atoms with Gasteiger partial charge < -0.3 is 15.4 Å². The number of hydrogen-bond donors (Lipinski definition) is 3. The first-order valence-corrected chi connectivity index (χ1v) is 15.5. The number of fused-ring (bicyclic) bond motifs is 1. The van der Waals surface area contributed by atoms with Crippen molar-refractivity contribution in [1.82, 2.24) is 20.3 Å². The lowest BCUT2D eigenvalue weighted by molar-refractivity contribution is 0.466. The molecule has 3 heterocycles. The van der Waals surface area contributed by atoms with Crippen LogP contribution in [0.3, 0.4) is 0 Å². The second-order valence-corrected chi connectivity index (χ2v) is 12.1. The zero-order valence-electron chi connectivity index (χ0n) is 22.8. The molecule has 3 aromatic carbocycles. The van der Waals surface area contributed by atoms with Gasteiger partial charge in [-0.1, -0.05) is 48.0 Å². The third-order valence-electron chi connectivity index (χ3n) is 7.11. The van der Waals surface area contributed by atoms with Crippen molar-refractivity contribution in [1.29, 1.82) is 0 Å². The molecule has 0 aliphatic carbocycles. The zero-order valence-corrected chi connectivity index (χ0v) is 24.4. The van der Waals surface area contributed by atoms with Crippen molar-refractivity contribution >= 4 is 44.0 Å². The molecule has 1 aliphatic rings. The SMILES string of the molecule is Cc1ccc2c(NS(=O)(=O)c3ccccc3Cl)cccc2c1Oc1ncccc1-c1ccnc(NC2CCCNC2)n1. The van der Waals surface area contributed by atoms with E-state index in [1.165, 1.54) is 6.07 Å². The summed E-state index contributed by atoms with van der Waals surface area (Å²) in [4.78, 5) is 13.7. The number of piperidine rings is 1. The lowest BCUT2D eigenvalue weighted by atomic mass is 10.0. The van der Waals surface area contributed by atoms with E-state index in [0.717, 1.165) is 36.9 Å². The van der Waals surface area contributed by atoms with Gasteiger partial charge >= 0.3 is 0 Å². The number of pyridine rings is 1. The van der Waals surface area contributed by atoms with Gasteiger partial charge in [0.2, 0.25) is 11.8 Å². The fourth-order valence-corrected chi connectivity index (χ4v) is 6.63. The third-order valence-corrected chi connectivity index (χ3v) is 8.98. The summed E-state index contributed by atoms with van der Waals surface area (Å²) in [5, 5.41) is 8.35. The lowest BCUT2D eigenvalue weighted by Gasteiger charge is -2.23. The van der Waals surface area contributed by atoms with E-state index in [2.05, 4.69) is 25.3 Å². The van der Waals surface area contributed by atoms with Crippen LogP contribution in [0, 0.1) is 6.92 Å². The van der Waals surface area contributed by atoms with Crippen LogP contribution in [0.25, 0.3) is 22.0 Å². The van der Waals surface area contributed by atoms with Crippen molar-refractivity contribution in [2.24, 2.45) is 0 Å². The topological polar surface area (TPSA) is 118 Å². The largest absolute Gasteiger partial charge is 0.437 e. The smallest absolute Gasteiger partial charge is 0.263 e. The number of rotatable bonds is 8. The molecule has 1 aliphatic heterocycles. The molecule has 9 nitrogen and oxygen atoms in total. The molecule has 214 valence electrons. The fourth-order valence-electron chi connectivity index (χ4n) is 5.03. The van der Waals surface area contributed by atoms with Crippen LogP contribution in [-0.4, -0.2) is 42.5 Å². The highest BCUT2D eigenvalue weighted by Gasteiger charge is 2.21.